The number of ether oxygens (including phenoxy) is 2. The van der Waals surface area contributed by atoms with E-state index >= 15 is 0 Å². The molecule has 0 aliphatic carbocycles. The van der Waals surface area contributed by atoms with E-state index in [1.165, 1.54) is 15.6 Å². The minimum atomic E-state index is -1.14. The highest BCUT2D eigenvalue weighted by molar-refractivity contribution is 6.01. The van der Waals surface area contributed by atoms with Crippen LogP contribution in [-0.4, -0.2) is 82.0 Å². The van der Waals surface area contributed by atoms with Gasteiger partial charge in [-0.05, 0) is 19.4 Å². The van der Waals surface area contributed by atoms with E-state index in [2.05, 4.69) is 10.4 Å². The number of hydrogen-bond acceptors (Lipinski definition) is 6. The molecule has 1 atom stereocenters. The number of benzene rings is 1. The van der Waals surface area contributed by atoms with Gasteiger partial charge in [-0.2, -0.15) is 5.10 Å². The highest BCUT2D eigenvalue weighted by Crippen LogP contribution is 2.32. The summed E-state index contributed by atoms with van der Waals surface area (Å²) in [5, 5.41) is 7.38. The van der Waals surface area contributed by atoms with Crippen LogP contribution in [0.5, 0.6) is 0 Å². The average molecular weight is 482 g/mol. The van der Waals surface area contributed by atoms with E-state index in [9.17, 15) is 14.4 Å². The Balaban J connectivity index is 1.28. The van der Waals surface area contributed by atoms with E-state index in [-0.39, 0.29) is 30.0 Å². The summed E-state index contributed by atoms with van der Waals surface area (Å²) in [6, 6.07) is 9.43. The van der Waals surface area contributed by atoms with Crippen LogP contribution in [0.15, 0.2) is 30.3 Å². The molecule has 0 bridgehead atoms. The van der Waals surface area contributed by atoms with E-state index in [0.717, 1.165) is 11.1 Å². The molecule has 2 saturated heterocycles. The second-order valence-electron chi connectivity index (χ2n) is 9.78. The smallest absolute Gasteiger partial charge is 0.274 e. The first kappa shape index (κ1) is 23.5. The third-order valence-electron chi connectivity index (χ3n) is 7.41. The number of rotatable bonds is 4. The lowest BCUT2D eigenvalue weighted by molar-refractivity contribution is -0.181. The maximum absolute atomic E-state index is 13.2. The predicted molar refractivity (Wildman–Crippen MR) is 126 cm³/mol. The molecule has 3 amide bonds. The first-order valence-electron chi connectivity index (χ1n) is 12.0. The van der Waals surface area contributed by atoms with Crippen molar-refractivity contribution in [1.29, 1.82) is 0 Å². The van der Waals surface area contributed by atoms with Crippen molar-refractivity contribution in [2.75, 3.05) is 33.4 Å². The number of fused-ring (bicyclic) bond motifs is 1. The lowest BCUT2D eigenvalue weighted by Gasteiger charge is -2.40. The summed E-state index contributed by atoms with van der Waals surface area (Å²) in [6.07, 6.45) is 1.21. The number of nitrogens with zero attached hydrogens (tertiary/aromatic N) is 4. The maximum atomic E-state index is 13.2. The maximum Gasteiger partial charge on any atom is 0.274 e. The zero-order valence-corrected chi connectivity index (χ0v) is 20.4. The molecule has 5 rings (SSSR count). The third-order valence-corrected chi connectivity index (χ3v) is 7.41. The quantitative estimate of drug-likeness (QED) is 0.706. The van der Waals surface area contributed by atoms with Gasteiger partial charge in [-0.15, -0.1) is 0 Å². The van der Waals surface area contributed by atoms with Crippen LogP contribution in [0.1, 0.15) is 51.9 Å². The van der Waals surface area contributed by atoms with Crippen LogP contribution in [0.4, 0.5) is 0 Å². The lowest BCUT2D eigenvalue weighted by atomic mass is 9.95. The first-order chi connectivity index (χ1) is 16.7. The number of carbonyl (C=O) groups is 3. The number of likely N-dealkylation sites (N-methyl/N-ethyl adjacent to an activating group) is 1. The van der Waals surface area contributed by atoms with Crippen molar-refractivity contribution < 1.29 is 23.9 Å². The Kier molecular flexibility index (Phi) is 5.88. The Hall–Kier alpha value is -3.24. The summed E-state index contributed by atoms with van der Waals surface area (Å²) in [6.45, 7) is 6.38. The first-order valence-corrected chi connectivity index (χ1v) is 12.0. The van der Waals surface area contributed by atoms with Gasteiger partial charge in [-0.3, -0.25) is 19.1 Å². The second-order valence-corrected chi connectivity index (χ2v) is 9.78. The molecular formula is C25H31N5O5. The minimum absolute atomic E-state index is 0.155. The molecule has 3 aliphatic heterocycles. The summed E-state index contributed by atoms with van der Waals surface area (Å²) < 4.78 is 13.0. The number of piperidine rings is 1. The lowest BCUT2D eigenvalue weighted by Crippen LogP contribution is -2.62. The van der Waals surface area contributed by atoms with Gasteiger partial charge >= 0.3 is 0 Å². The Labute approximate surface area is 204 Å². The SMILES string of the molecule is Cc1ccc(CNC(=O)C2(C)Cn3nc(C(=O)N4CCC5(CC4)OCCO5)cc3C(=O)N2C)cc1. The molecule has 1 unspecified atom stereocenters. The van der Waals surface area contributed by atoms with Gasteiger partial charge in [0.15, 0.2) is 11.5 Å². The molecule has 0 radical (unpaired) electrons. The van der Waals surface area contributed by atoms with E-state index in [1.807, 2.05) is 31.2 Å². The van der Waals surface area contributed by atoms with Crippen LogP contribution in [0.25, 0.3) is 0 Å². The molecule has 2 fully saturated rings. The molecule has 1 aromatic carbocycles. The van der Waals surface area contributed by atoms with Gasteiger partial charge in [0.05, 0.1) is 19.8 Å². The summed E-state index contributed by atoms with van der Waals surface area (Å²) in [7, 11) is 1.61. The van der Waals surface area contributed by atoms with E-state index in [0.29, 0.717) is 51.4 Å². The zero-order valence-electron chi connectivity index (χ0n) is 20.4. The molecule has 0 saturated carbocycles. The van der Waals surface area contributed by atoms with Crippen LogP contribution in [0, 0.1) is 6.92 Å². The van der Waals surface area contributed by atoms with Gasteiger partial charge in [-0.1, -0.05) is 29.8 Å². The predicted octanol–water partition coefficient (Wildman–Crippen LogP) is 1.33. The number of hydrogen-bond donors (Lipinski definition) is 1. The standard InChI is InChI=1S/C25H31N5O5/c1-17-4-6-18(7-5-17)15-26-23(33)24(2)16-30-20(22(32)28(24)3)14-19(27-30)21(31)29-10-8-25(9-11-29)34-12-13-35-25/h4-7,14H,8-13,15-16H2,1-3H3,(H,26,33). The van der Waals surface area contributed by atoms with Gasteiger partial charge in [0, 0.05) is 45.6 Å². The number of nitrogens with one attached hydrogen (secondary N) is 1. The summed E-state index contributed by atoms with van der Waals surface area (Å²) in [5.41, 5.74) is 1.48. The second kappa shape index (κ2) is 8.76. The number of carbonyl (C=O) groups excluding carboxylic acids is 3. The number of aryl methyl sites for hydroxylation is 1. The third kappa shape index (κ3) is 4.21. The molecule has 186 valence electrons. The zero-order chi connectivity index (χ0) is 24.8. The van der Waals surface area contributed by atoms with Crippen LogP contribution >= 0.6 is 0 Å². The van der Waals surface area contributed by atoms with Gasteiger partial charge in [0.2, 0.25) is 5.91 Å². The summed E-state index contributed by atoms with van der Waals surface area (Å²) in [4.78, 5) is 42.6. The Bertz CT molecular complexity index is 1140. The number of amides is 3. The van der Waals surface area contributed by atoms with E-state index in [4.69, 9.17) is 9.47 Å². The molecule has 1 N–H and O–H groups in total. The van der Waals surface area contributed by atoms with Crippen molar-refractivity contribution in [2.24, 2.45) is 0 Å². The van der Waals surface area contributed by atoms with E-state index < -0.39 is 11.3 Å². The van der Waals surface area contributed by atoms with Gasteiger partial charge in [0.1, 0.15) is 11.2 Å². The Morgan fingerprint density at radius 2 is 1.77 bits per heavy atom. The number of likely N-dealkylation sites (tertiary alicyclic amines) is 1. The molecule has 4 heterocycles. The van der Waals surface area contributed by atoms with E-state index in [1.54, 1.807) is 18.9 Å². The largest absolute Gasteiger partial charge is 0.350 e. The molecule has 1 aromatic heterocycles. The minimum Gasteiger partial charge on any atom is -0.350 e. The molecule has 35 heavy (non-hydrogen) atoms. The highest BCUT2D eigenvalue weighted by atomic mass is 16.7. The van der Waals surface area contributed by atoms with Crippen molar-refractivity contribution in [1.82, 2.24) is 24.9 Å². The van der Waals surface area contributed by atoms with Crippen LogP contribution in [0.3, 0.4) is 0 Å². The monoisotopic (exact) mass is 481 g/mol. The van der Waals surface area contributed by atoms with Crippen molar-refractivity contribution in [3.63, 3.8) is 0 Å². The topological polar surface area (TPSA) is 106 Å². The Morgan fingerprint density at radius 3 is 2.43 bits per heavy atom. The van der Waals surface area contributed by atoms with Crippen molar-refractivity contribution in [3.05, 3.63) is 52.8 Å². The fraction of sp³-hybridized carbons (Fsp3) is 0.520. The fourth-order valence-corrected chi connectivity index (χ4v) is 4.91. The normalized spacial score (nSPS) is 23.5. The van der Waals surface area contributed by atoms with Gasteiger partial charge in [-0.25, -0.2) is 0 Å². The van der Waals surface area contributed by atoms with Gasteiger partial charge < -0.3 is 24.6 Å². The summed E-state index contributed by atoms with van der Waals surface area (Å²) >= 11 is 0. The van der Waals surface area contributed by atoms with Crippen LogP contribution in [-0.2, 0) is 27.4 Å². The highest BCUT2D eigenvalue weighted by Gasteiger charge is 2.47. The Morgan fingerprint density at radius 1 is 1.11 bits per heavy atom. The van der Waals surface area contributed by atoms with Gasteiger partial charge in [0.25, 0.3) is 11.8 Å². The number of aromatic nitrogens is 2. The summed E-state index contributed by atoms with van der Waals surface area (Å²) in [5.74, 6) is -1.43. The van der Waals surface area contributed by atoms with Crippen molar-refractivity contribution in [3.8, 4) is 0 Å². The molecule has 3 aliphatic rings. The molecular weight excluding hydrogens is 450 g/mol. The molecule has 2 aromatic rings. The van der Waals surface area contributed by atoms with Crippen LogP contribution < -0.4 is 5.32 Å². The van der Waals surface area contributed by atoms with Crippen molar-refractivity contribution in [2.45, 2.75) is 51.1 Å². The van der Waals surface area contributed by atoms with Crippen molar-refractivity contribution >= 4 is 17.7 Å². The van der Waals surface area contributed by atoms with Crippen LogP contribution in [0.2, 0.25) is 0 Å². The molecule has 10 nitrogen and oxygen atoms in total. The average Bonchev–Trinajstić information content (AvgIpc) is 3.49. The molecule has 10 heteroatoms. The fourth-order valence-electron chi connectivity index (χ4n) is 4.91. The molecule has 1 spiro atoms.